The summed E-state index contributed by atoms with van der Waals surface area (Å²) in [6.07, 6.45) is 4.42. The van der Waals surface area contributed by atoms with Crippen LogP contribution >= 0.6 is 11.6 Å². The first kappa shape index (κ1) is 16.1. The highest BCUT2D eigenvalue weighted by Gasteiger charge is 2.31. The van der Waals surface area contributed by atoms with Crippen molar-refractivity contribution in [2.45, 2.75) is 38.6 Å². The Hall–Kier alpha value is -1.26. The third kappa shape index (κ3) is 3.50. The van der Waals surface area contributed by atoms with Gasteiger partial charge in [-0.1, -0.05) is 24.4 Å². The van der Waals surface area contributed by atoms with E-state index in [0.29, 0.717) is 24.6 Å². The number of phenolic OH excluding ortho intramolecular Hbond substituents is 1. The van der Waals surface area contributed by atoms with E-state index in [1.54, 1.807) is 6.07 Å². The average Bonchev–Trinajstić information content (AvgIpc) is 2.51. The van der Waals surface area contributed by atoms with Crippen molar-refractivity contribution in [1.82, 2.24) is 4.90 Å². The van der Waals surface area contributed by atoms with Gasteiger partial charge in [-0.2, -0.15) is 0 Å². The summed E-state index contributed by atoms with van der Waals surface area (Å²) in [6.45, 7) is 3.26. The first-order chi connectivity index (χ1) is 10.1. The van der Waals surface area contributed by atoms with Crippen molar-refractivity contribution in [3.8, 4) is 5.75 Å². The highest BCUT2D eigenvalue weighted by Crippen LogP contribution is 2.30. The molecule has 0 aliphatic heterocycles. The van der Waals surface area contributed by atoms with E-state index in [4.69, 9.17) is 17.3 Å². The molecule has 1 amide bonds. The van der Waals surface area contributed by atoms with Crippen molar-refractivity contribution in [1.29, 1.82) is 0 Å². The summed E-state index contributed by atoms with van der Waals surface area (Å²) in [6, 6.07) is 4.81. The molecule has 1 aliphatic rings. The maximum absolute atomic E-state index is 12.7. The molecular formula is C16H23ClN2O2. The molecule has 0 spiro atoms. The van der Waals surface area contributed by atoms with Crippen molar-refractivity contribution in [3.05, 3.63) is 28.8 Å². The normalized spacial score (nSPS) is 22.0. The van der Waals surface area contributed by atoms with Gasteiger partial charge in [0.15, 0.2) is 0 Å². The van der Waals surface area contributed by atoms with Crippen LogP contribution in [0.1, 0.15) is 43.0 Å². The largest absolute Gasteiger partial charge is 0.506 e. The molecule has 2 atom stereocenters. The number of phenols is 1. The number of benzene rings is 1. The SMILES string of the molecule is CCN(C(=O)c1ccc(O)c(Cl)c1)C1CCCCC1CN. The lowest BCUT2D eigenvalue weighted by atomic mass is 9.83. The van der Waals surface area contributed by atoms with Crippen LogP contribution in [0.2, 0.25) is 5.02 Å². The fourth-order valence-electron chi connectivity index (χ4n) is 3.21. The van der Waals surface area contributed by atoms with E-state index in [9.17, 15) is 9.90 Å². The molecule has 0 bridgehead atoms. The van der Waals surface area contributed by atoms with Gasteiger partial charge in [-0.05, 0) is 50.4 Å². The van der Waals surface area contributed by atoms with Crippen LogP contribution in [0.4, 0.5) is 0 Å². The second-order valence-electron chi connectivity index (χ2n) is 5.60. The zero-order chi connectivity index (χ0) is 15.4. The smallest absolute Gasteiger partial charge is 0.254 e. The monoisotopic (exact) mass is 310 g/mol. The Bertz CT molecular complexity index is 507. The van der Waals surface area contributed by atoms with E-state index in [1.165, 1.54) is 18.6 Å². The molecule has 0 saturated heterocycles. The molecule has 1 aromatic rings. The molecule has 1 fully saturated rings. The van der Waals surface area contributed by atoms with Gasteiger partial charge in [0.05, 0.1) is 5.02 Å². The van der Waals surface area contributed by atoms with Crippen molar-refractivity contribution in [3.63, 3.8) is 0 Å². The lowest BCUT2D eigenvalue weighted by Crippen LogP contribution is -2.48. The summed E-state index contributed by atoms with van der Waals surface area (Å²) in [4.78, 5) is 14.6. The van der Waals surface area contributed by atoms with Gasteiger partial charge < -0.3 is 15.7 Å². The van der Waals surface area contributed by atoms with Crippen LogP contribution in [0.15, 0.2) is 18.2 Å². The Balaban J connectivity index is 2.22. The van der Waals surface area contributed by atoms with Gasteiger partial charge in [-0.25, -0.2) is 0 Å². The van der Waals surface area contributed by atoms with Gasteiger partial charge in [0.2, 0.25) is 0 Å². The van der Waals surface area contributed by atoms with E-state index in [1.807, 2.05) is 11.8 Å². The number of nitrogens with zero attached hydrogens (tertiary/aromatic N) is 1. The Labute approximate surface area is 130 Å². The molecule has 0 radical (unpaired) electrons. The quantitative estimate of drug-likeness (QED) is 0.898. The van der Waals surface area contributed by atoms with Gasteiger partial charge in [-0.15, -0.1) is 0 Å². The first-order valence-electron chi connectivity index (χ1n) is 7.58. The first-order valence-corrected chi connectivity index (χ1v) is 7.95. The van der Waals surface area contributed by atoms with Gasteiger partial charge in [0, 0.05) is 18.2 Å². The molecule has 2 rings (SSSR count). The second-order valence-corrected chi connectivity index (χ2v) is 6.01. The summed E-state index contributed by atoms with van der Waals surface area (Å²) >= 11 is 5.91. The van der Waals surface area contributed by atoms with Crippen molar-refractivity contribution in [2.24, 2.45) is 11.7 Å². The fraction of sp³-hybridized carbons (Fsp3) is 0.562. The average molecular weight is 311 g/mol. The maximum atomic E-state index is 12.7. The highest BCUT2D eigenvalue weighted by atomic mass is 35.5. The molecule has 0 heterocycles. The molecule has 0 aromatic heterocycles. The third-order valence-corrected chi connectivity index (χ3v) is 4.67. The maximum Gasteiger partial charge on any atom is 0.254 e. The van der Waals surface area contributed by atoms with E-state index in [-0.39, 0.29) is 22.7 Å². The standard InChI is InChI=1S/C16H23ClN2O2/c1-2-19(14-6-4-3-5-12(14)10-18)16(21)11-7-8-15(20)13(17)9-11/h7-9,12,14,20H,2-6,10,18H2,1H3. The minimum Gasteiger partial charge on any atom is -0.506 e. The zero-order valence-corrected chi connectivity index (χ0v) is 13.1. The number of nitrogens with two attached hydrogens (primary N) is 1. The van der Waals surface area contributed by atoms with Crippen LogP contribution in [0, 0.1) is 5.92 Å². The molecule has 1 aliphatic carbocycles. The molecule has 5 heteroatoms. The topological polar surface area (TPSA) is 66.6 Å². The number of aromatic hydroxyl groups is 1. The lowest BCUT2D eigenvalue weighted by Gasteiger charge is -2.39. The van der Waals surface area contributed by atoms with E-state index >= 15 is 0 Å². The van der Waals surface area contributed by atoms with Crippen molar-refractivity contribution >= 4 is 17.5 Å². The number of hydrogen-bond acceptors (Lipinski definition) is 3. The number of carbonyl (C=O) groups excluding carboxylic acids is 1. The molecule has 21 heavy (non-hydrogen) atoms. The molecule has 1 saturated carbocycles. The molecule has 116 valence electrons. The minimum atomic E-state index is -0.0373. The van der Waals surface area contributed by atoms with E-state index in [2.05, 4.69) is 0 Å². The Morgan fingerprint density at radius 2 is 2.14 bits per heavy atom. The number of rotatable bonds is 4. The Kier molecular flexibility index (Phi) is 5.48. The number of amides is 1. The predicted octanol–water partition coefficient (Wildman–Crippen LogP) is 3.03. The molecular weight excluding hydrogens is 288 g/mol. The lowest BCUT2D eigenvalue weighted by molar-refractivity contribution is 0.0560. The molecule has 4 nitrogen and oxygen atoms in total. The van der Waals surface area contributed by atoms with Crippen LogP contribution in [-0.4, -0.2) is 35.0 Å². The summed E-state index contributed by atoms with van der Waals surface area (Å²) in [5.41, 5.74) is 6.39. The van der Waals surface area contributed by atoms with Gasteiger partial charge in [-0.3, -0.25) is 4.79 Å². The van der Waals surface area contributed by atoms with Gasteiger partial charge in [0.1, 0.15) is 5.75 Å². The minimum absolute atomic E-state index is 0.00577. The van der Waals surface area contributed by atoms with Crippen LogP contribution in [0.5, 0.6) is 5.75 Å². The van der Waals surface area contributed by atoms with Gasteiger partial charge in [0.25, 0.3) is 5.91 Å². The fourth-order valence-corrected chi connectivity index (χ4v) is 3.39. The summed E-state index contributed by atoms with van der Waals surface area (Å²) in [5, 5.41) is 9.68. The van der Waals surface area contributed by atoms with Gasteiger partial charge >= 0.3 is 0 Å². The van der Waals surface area contributed by atoms with E-state index in [0.717, 1.165) is 19.3 Å². The van der Waals surface area contributed by atoms with Crippen LogP contribution < -0.4 is 5.73 Å². The Morgan fingerprint density at radius 3 is 2.76 bits per heavy atom. The van der Waals surface area contributed by atoms with Crippen molar-refractivity contribution < 1.29 is 9.90 Å². The number of carbonyl (C=O) groups is 1. The molecule has 2 unspecified atom stereocenters. The van der Waals surface area contributed by atoms with Crippen LogP contribution in [-0.2, 0) is 0 Å². The zero-order valence-electron chi connectivity index (χ0n) is 12.4. The summed E-state index contributed by atoms with van der Waals surface area (Å²) < 4.78 is 0. The number of halogens is 1. The summed E-state index contributed by atoms with van der Waals surface area (Å²) in [7, 11) is 0. The predicted molar refractivity (Wildman–Crippen MR) is 84.6 cm³/mol. The molecule has 1 aromatic carbocycles. The molecule has 3 N–H and O–H groups in total. The van der Waals surface area contributed by atoms with Crippen molar-refractivity contribution in [2.75, 3.05) is 13.1 Å². The highest BCUT2D eigenvalue weighted by molar-refractivity contribution is 6.32. The van der Waals surface area contributed by atoms with Crippen LogP contribution in [0.3, 0.4) is 0 Å². The number of hydrogen-bond donors (Lipinski definition) is 2. The summed E-state index contributed by atoms with van der Waals surface area (Å²) in [5.74, 6) is 0.328. The second kappa shape index (κ2) is 7.14. The third-order valence-electron chi connectivity index (χ3n) is 4.37. The van der Waals surface area contributed by atoms with Crippen LogP contribution in [0.25, 0.3) is 0 Å². The van der Waals surface area contributed by atoms with E-state index < -0.39 is 0 Å². The Morgan fingerprint density at radius 1 is 1.43 bits per heavy atom.